The Bertz CT molecular complexity index is 1570. The first-order valence-corrected chi connectivity index (χ1v) is 13.1. The van der Waals surface area contributed by atoms with Crippen molar-refractivity contribution < 1.29 is 9.72 Å². The van der Waals surface area contributed by atoms with Crippen molar-refractivity contribution in [3.63, 3.8) is 0 Å². The quantitative estimate of drug-likeness (QED) is 0.0487. The third-order valence-electron chi connectivity index (χ3n) is 5.88. The zero-order valence-corrected chi connectivity index (χ0v) is 23.1. The highest BCUT2D eigenvalue weighted by molar-refractivity contribution is 9.10. The number of allylic oxidation sites excluding steroid dienone is 4. The molecule has 0 saturated heterocycles. The lowest BCUT2D eigenvalue weighted by molar-refractivity contribution is -0.384. The fourth-order valence-corrected chi connectivity index (χ4v) is 4.46. The van der Waals surface area contributed by atoms with Gasteiger partial charge in [-0.25, -0.2) is 0 Å². The number of benzene rings is 4. The van der Waals surface area contributed by atoms with Crippen molar-refractivity contribution in [3.8, 4) is 6.07 Å². The van der Waals surface area contributed by atoms with E-state index in [0.717, 1.165) is 25.6 Å². The minimum Gasteiger partial charge on any atom is -0.294 e. The molecule has 4 rings (SSSR count). The van der Waals surface area contributed by atoms with E-state index in [-0.39, 0.29) is 17.9 Å². The van der Waals surface area contributed by atoms with Crippen LogP contribution in [-0.4, -0.2) is 10.7 Å². The SMILES string of the molecule is N#CC(=C(C=C(CC(=O)c1ccc(Br)cc1)c1ccccc1)c1ccc(Br)cc1)c1ccc([N+](=O)[O-])cc1. The highest BCUT2D eigenvalue weighted by Crippen LogP contribution is 2.33. The molecule has 38 heavy (non-hydrogen) atoms. The predicted molar refractivity (Wildman–Crippen MR) is 157 cm³/mol. The number of non-ortho nitro benzene ring substituents is 1. The van der Waals surface area contributed by atoms with Gasteiger partial charge in [0.2, 0.25) is 0 Å². The monoisotopic (exact) mass is 626 g/mol. The minimum absolute atomic E-state index is 0.0585. The first kappa shape index (κ1) is 26.9. The van der Waals surface area contributed by atoms with E-state index in [9.17, 15) is 20.2 Å². The van der Waals surface area contributed by atoms with Crippen molar-refractivity contribution in [1.82, 2.24) is 0 Å². The molecule has 186 valence electrons. The third-order valence-corrected chi connectivity index (χ3v) is 6.94. The molecule has 0 fully saturated rings. The second-order valence-electron chi connectivity index (χ2n) is 8.35. The molecule has 5 nitrogen and oxygen atoms in total. The first-order valence-electron chi connectivity index (χ1n) is 11.6. The molecule has 0 amide bonds. The van der Waals surface area contributed by atoms with Gasteiger partial charge in [0.25, 0.3) is 5.69 Å². The van der Waals surface area contributed by atoms with Crippen LogP contribution in [0.25, 0.3) is 16.7 Å². The number of carbonyl (C=O) groups excluding carboxylic acids is 1. The molecule has 0 atom stereocenters. The molecule has 0 heterocycles. The van der Waals surface area contributed by atoms with Gasteiger partial charge in [-0.05, 0) is 64.7 Å². The Labute approximate surface area is 237 Å². The summed E-state index contributed by atoms with van der Waals surface area (Å²) in [7, 11) is 0. The minimum atomic E-state index is -0.476. The third kappa shape index (κ3) is 6.60. The van der Waals surface area contributed by atoms with Crippen molar-refractivity contribution in [3.05, 3.63) is 151 Å². The Balaban J connectivity index is 1.91. The number of hydrogen-bond donors (Lipinski definition) is 0. The second-order valence-corrected chi connectivity index (χ2v) is 10.2. The maximum absolute atomic E-state index is 13.3. The Morgan fingerprint density at radius 1 is 0.763 bits per heavy atom. The van der Waals surface area contributed by atoms with Gasteiger partial charge in [0, 0.05) is 38.6 Å². The summed E-state index contributed by atoms with van der Waals surface area (Å²) in [5.41, 5.74) is 4.38. The number of nitro groups is 1. The van der Waals surface area contributed by atoms with E-state index in [1.54, 1.807) is 24.3 Å². The van der Waals surface area contributed by atoms with Crippen LogP contribution in [0.3, 0.4) is 0 Å². The Morgan fingerprint density at radius 3 is 1.82 bits per heavy atom. The lowest BCUT2D eigenvalue weighted by atomic mass is 9.90. The van der Waals surface area contributed by atoms with Crippen molar-refractivity contribution in [2.75, 3.05) is 0 Å². The van der Waals surface area contributed by atoms with Crippen LogP contribution < -0.4 is 0 Å². The van der Waals surface area contributed by atoms with Crippen LogP contribution in [0, 0.1) is 21.4 Å². The number of nitriles is 1. The van der Waals surface area contributed by atoms with E-state index in [1.807, 2.05) is 72.8 Å². The van der Waals surface area contributed by atoms with Crippen LogP contribution in [0.1, 0.15) is 33.5 Å². The summed E-state index contributed by atoms with van der Waals surface area (Å²) in [6.07, 6.45) is 1.99. The second kappa shape index (κ2) is 12.4. The summed E-state index contributed by atoms with van der Waals surface area (Å²) in [5.74, 6) is -0.0587. The summed E-state index contributed by atoms with van der Waals surface area (Å²) in [4.78, 5) is 24.0. The first-order chi connectivity index (χ1) is 18.4. The summed E-state index contributed by atoms with van der Waals surface area (Å²) in [5, 5.41) is 21.4. The fourth-order valence-electron chi connectivity index (χ4n) is 3.93. The Morgan fingerprint density at radius 2 is 1.29 bits per heavy atom. The number of nitro benzene ring substituents is 1. The van der Waals surface area contributed by atoms with Gasteiger partial charge in [-0.15, -0.1) is 0 Å². The largest absolute Gasteiger partial charge is 0.294 e. The zero-order valence-electron chi connectivity index (χ0n) is 20.0. The molecule has 0 bridgehead atoms. The standard InChI is InChI=1S/C31H20Br2N2O3/c32-26-12-6-22(7-13-26)29(30(20-34)23-10-16-28(17-11-23)35(37)38)18-25(21-4-2-1-3-5-21)19-31(36)24-8-14-27(33)15-9-24/h1-18H,19H2. The Kier molecular flexibility index (Phi) is 8.80. The van der Waals surface area contributed by atoms with Crippen LogP contribution in [0.5, 0.6) is 0 Å². The average Bonchev–Trinajstić information content (AvgIpc) is 2.94. The van der Waals surface area contributed by atoms with Crippen LogP contribution in [0.2, 0.25) is 0 Å². The molecule has 0 unspecified atom stereocenters. The van der Waals surface area contributed by atoms with Crippen LogP contribution in [0.4, 0.5) is 5.69 Å². The number of hydrogen-bond acceptors (Lipinski definition) is 4. The van der Waals surface area contributed by atoms with Crippen molar-refractivity contribution >= 4 is 60.0 Å². The van der Waals surface area contributed by atoms with Crippen LogP contribution >= 0.6 is 31.9 Å². The summed E-state index contributed by atoms with van der Waals surface area (Å²) >= 11 is 6.86. The van der Waals surface area contributed by atoms with Gasteiger partial charge in [0.15, 0.2) is 5.78 Å². The molecule has 0 aromatic heterocycles. The zero-order chi connectivity index (χ0) is 27.1. The van der Waals surface area contributed by atoms with Crippen molar-refractivity contribution in [2.24, 2.45) is 0 Å². The van der Waals surface area contributed by atoms with Crippen LogP contribution in [-0.2, 0) is 0 Å². The molecule has 0 spiro atoms. The highest BCUT2D eigenvalue weighted by atomic mass is 79.9. The molecule has 7 heteroatoms. The van der Waals surface area contributed by atoms with Gasteiger partial charge < -0.3 is 0 Å². The van der Waals surface area contributed by atoms with E-state index in [4.69, 9.17) is 0 Å². The van der Waals surface area contributed by atoms with E-state index in [1.165, 1.54) is 12.1 Å². The average molecular weight is 628 g/mol. The summed E-state index contributed by atoms with van der Waals surface area (Å²) in [6.45, 7) is 0. The van der Waals surface area contributed by atoms with Gasteiger partial charge >= 0.3 is 0 Å². The molecule has 0 aliphatic heterocycles. The topological polar surface area (TPSA) is 84.0 Å². The smallest absolute Gasteiger partial charge is 0.269 e. The number of carbonyl (C=O) groups is 1. The predicted octanol–water partition coefficient (Wildman–Crippen LogP) is 8.91. The van der Waals surface area contributed by atoms with E-state index < -0.39 is 4.92 Å². The van der Waals surface area contributed by atoms with Gasteiger partial charge in [-0.3, -0.25) is 14.9 Å². The number of ketones is 1. The lowest BCUT2D eigenvalue weighted by Crippen LogP contribution is -2.01. The molecule has 0 radical (unpaired) electrons. The van der Waals surface area contributed by atoms with E-state index >= 15 is 0 Å². The number of Topliss-reactive ketones (excluding diaryl/α,β-unsaturated/α-hetero) is 1. The maximum Gasteiger partial charge on any atom is 0.269 e. The van der Waals surface area contributed by atoms with Gasteiger partial charge in [0.1, 0.15) is 6.07 Å². The number of halogens is 2. The van der Waals surface area contributed by atoms with Gasteiger partial charge in [-0.1, -0.05) is 86.5 Å². The Hall–Kier alpha value is -4.12. The molecular weight excluding hydrogens is 608 g/mol. The van der Waals surface area contributed by atoms with Crippen LogP contribution in [0.15, 0.2) is 118 Å². The van der Waals surface area contributed by atoms with Crippen molar-refractivity contribution in [2.45, 2.75) is 6.42 Å². The molecule has 4 aromatic carbocycles. The molecule has 4 aromatic rings. The summed E-state index contributed by atoms with van der Waals surface area (Å²) < 4.78 is 1.77. The maximum atomic E-state index is 13.3. The number of nitrogens with zero attached hydrogens (tertiary/aromatic N) is 2. The normalized spacial score (nSPS) is 11.9. The highest BCUT2D eigenvalue weighted by Gasteiger charge is 2.16. The lowest BCUT2D eigenvalue weighted by Gasteiger charge is -2.13. The molecule has 0 aliphatic carbocycles. The summed E-state index contributed by atoms with van der Waals surface area (Å²) in [6, 6.07) is 32.5. The van der Waals surface area contributed by atoms with E-state index in [0.29, 0.717) is 22.3 Å². The fraction of sp³-hybridized carbons (Fsp3) is 0.0323. The molecule has 0 N–H and O–H groups in total. The molecular formula is C31H20Br2N2O3. The van der Waals surface area contributed by atoms with Crippen molar-refractivity contribution in [1.29, 1.82) is 5.26 Å². The molecule has 0 aliphatic rings. The van der Waals surface area contributed by atoms with E-state index in [2.05, 4.69) is 37.9 Å². The van der Waals surface area contributed by atoms with Gasteiger partial charge in [-0.2, -0.15) is 5.26 Å². The van der Waals surface area contributed by atoms with Gasteiger partial charge in [0.05, 0.1) is 10.5 Å². The number of rotatable bonds is 8. The molecule has 0 saturated carbocycles.